The van der Waals surface area contributed by atoms with E-state index in [4.69, 9.17) is 16.7 Å². The molecule has 1 amide bonds. The zero-order valence-corrected chi connectivity index (χ0v) is 13.5. The molecule has 0 aromatic heterocycles. The Morgan fingerprint density at radius 3 is 2.57 bits per heavy atom. The molecule has 0 heterocycles. The van der Waals surface area contributed by atoms with Crippen molar-refractivity contribution >= 4 is 27.5 Å². The Labute approximate surface area is 138 Å². The molecule has 23 heavy (non-hydrogen) atoms. The fraction of sp³-hybridized carbons (Fsp3) is 0.133. The van der Waals surface area contributed by atoms with Gasteiger partial charge in [0.1, 0.15) is 10.7 Å². The first-order valence-corrected chi connectivity index (χ1v) is 8.55. The number of hydrogen-bond donors (Lipinski definition) is 2. The van der Waals surface area contributed by atoms with E-state index < -0.39 is 15.9 Å². The standard InChI is InChI=1S/C15H14ClFN2O3S/c16-12-6-5-11(9-14(12)23(18,21)22)15(20)19-8-7-10-3-1-2-4-13(10)17/h1-6,9H,7-8H2,(H,19,20)(H2,18,21,22). The van der Waals surface area contributed by atoms with Crippen molar-refractivity contribution in [3.8, 4) is 0 Å². The quantitative estimate of drug-likeness (QED) is 0.859. The van der Waals surface area contributed by atoms with E-state index >= 15 is 0 Å². The Kier molecular flexibility index (Phi) is 5.35. The average molecular weight is 357 g/mol. The Bertz CT molecular complexity index is 840. The van der Waals surface area contributed by atoms with Gasteiger partial charge in [0.15, 0.2) is 0 Å². The normalized spacial score (nSPS) is 11.3. The zero-order chi connectivity index (χ0) is 17.0. The van der Waals surface area contributed by atoms with Crippen LogP contribution in [0.15, 0.2) is 47.4 Å². The zero-order valence-electron chi connectivity index (χ0n) is 11.9. The number of benzene rings is 2. The molecule has 5 nitrogen and oxygen atoms in total. The highest BCUT2D eigenvalue weighted by Crippen LogP contribution is 2.21. The molecular formula is C15H14ClFN2O3S. The molecule has 0 aliphatic carbocycles. The minimum Gasteiger partial charge on any atom is -0.352 e. The molecule has 3 N–H and O–H groups in total. The fourth-order valence-corrected chi connectivity index (χ4v) is 3.05. The Hall–Kier alpha value is -1.96. The maximum Gasteiger partial charge on any atom is 0.251 e. The van der Waals surface area contributed by atoms with Crippen LogP contribution in [-0.4, -0.2) is 20.9 Å². The van der Waals surface area contributed by atoms with Crippen molar-refractivity contribution in [2.45, 2.75) is 11.3 Å². The lowest BCUT2D eigenvalue weighted by Crippen LogP contribution is -2.26. The summed E-state index contributed by atoms with van der Waals surface area (Å²) in [5.74, 6) is -0.840. The van der Waals surface area contributed by atoms with Crippen LogP contribution in [0.1, 0.15) is 15.9 Å². The van der Waals surface area contributed by atoms with Crippen molar-refractivity contribution < 1.29 is 17.6 Å². The monoisotopic (exact) mass is 356 g/mol. The van der Waals surface area contributed by atoms with Crippen LogP contribution in [0.4, 0.5) is 4.39 Å². The van der Waals surface area contributed by atoms with Gasteiger partial charge >= 0.3 is 0 Å². The van der Waals surface area contributed by atoms with Gasteiger partial charge in [0.2, 0.25) is 10.0 Å². The Morgan fingerprint density at radius 1 is 1.22 bits per heavy atom. The molecule has 0 unspecified atom stereocenters. The van der Waals surface area contributed by atoms with Crippen LogP contribution in [0.5, 0.6) is 0 Å². The minimum absolute atomic E-state index is 0.0598. The summed E-state index contributed by atoms with van der Waals surface area (Å²) >= 11 is 5.75. The van der Waals surface area contributed by atoms with Gasteiger partial charge in [-0.2, -0.15) is 0 Å². The van der Waals surface area contributed by atoms with Crippen LogP contribution >= 0.6 is 11.6 Å². The molecular weight excluding hydrogens is 343 g/mol. The Morgan fingerprint density at radius 2 is 1.91 bits per heavy atom. The van der Waals surface area contributed by atoms with Crippen LogP contribution < -0.4 is 10.5 Å². The van der Waals surface area contributed by atoms with Crippen molar-refractivity contribution in [1.29, 1.82) is 0 Å². The summed E-state index contributed by atoms with van der Waals surface area (Å²) in [6.45, 7) is 0.201. The number of nitrogens with one attached hydrogen (secondary N) is 1. The molecule has 2 aromatic rings. The molecule has 0 fully saturated rings. The molecule has 0 saturated carbocycles. The van der Waals surface area contributed by atoms with Crippen LogP contribution in [0.2, 0.25) is 5.02 Å². The van der Waals surface area contributed by atoms with E-state index in [1.165, 1.54) is 18.2 Å². The second kappa shape index (κ2) is 7.08. The summed E-state index contributed by atoms with van der Waals surface area (Å²) in [5.41, 5.74) is 0.584. The third kappa shape index (κ3) is 4.51. The highest BCUT2D eigenvalue weighted by atomic mass is 35.5. The number of carbonyl (C=O) groups is 1. The van der Waals surface area contributed by atoms with Crippen LogP contribution in [0, 0.1) is 5.82 Å². The van der Waals surface area contributed by atoms with Gasteiger partial charge in [-0.3, -0.25) is 4.79 Å². The smallest absolute Gasteiger partial charge is 0.251 e. The van der Waals surface area contributed by atoms with E-state index in [0.29, 0.717) is 12.0 Å². The molecule has 0 atom stereocenters. The first-order chi connectivity index (χ1) is 10.8. The lowest BCUT2D eigenvalue weighted by Gasteiger charge is -2.08. The van der Waals surface area contributed by atoms with Gasteiger partial charge in [0, 0.05) is 12.1 Å². The number of carbonyl (C=O) groups excluding carboxylic acids is 1. The predicted molar refractivity (Wildman–Crippen MR) is 85.3 cm³/mol. The fourth-order valence-electron chi connectivity index (χ4n) is 1.98. The van der Waals surface area contributed by atoms with Gasteiger partial charge in [-0.1, -0.05) is 29.8 Å². The van der Waals surface area contributed by atoms with Crippen molar-refractivity contribution in [3.63, 3.8) is 0 Å². The summed E-state index contributed by atoms with van der Waals surface area (Å²) in [6, 6.07) is 10.0. The van der Waals surface area contributed by atoms with Crippen LogP contribution in [0.3, 0.4) is 0 Å². The number of amides is 1. The highest BCUT2D eigenvalue weighted by Gasteiger charge is 2.16. The second-order valence-corrected chi connectivity index (χ2v) is 6.72. The molecule has 2 aromatic carbocycles. The van der Waals surface area contributed by atoms with Gasteiger partial charge in [-0.25, -0.2) is 17.9 Å². The van der Waals surface area contributed by atoms with E-state index in [-0.39, 0.29) is 27.8 Å². The predicted octanol–water partition coefficient (Wildman–Crippen LogP) is 2.10. The SMILES string of the molecule is NS(=O)(=O)c1cc(C(=O)NCCc2ccccc2F)ccc1Cl. The van der Waals surface area contributed by atoms with Crippen molar-refractivity contribution in [3.05, 3.63) is 64.4 Å². The second-order valence-electron chi connectivity index (χ2n) is 4.79. The molecule has 0 radical (unpaired) electrons. The molecule has 0 saturated heterocycles. The molecule has 8 heteroatoms. The summed E-state index contributed by atoms with van der Waals surface area (Å²) < 4.78 is 36.2. The molecule has 0 spiro atoms. The van der Waals surface area contributed by atoms with Gasteiger partial charge in [-0.15, -0.1) is 0 Å². The van der Waals surface area contributed by atoms with E-state index in [1.807, 2.05) is 0 Å². The van der Waals surface area contributed by atoms with E-state index in [1.54, 1.807) is 18.2 Å². The largest absolute Gasteiger partial charge is 0.352 e. The number of nitrogens with two attached hydrogens (primary N) is 1. The van der Waals surface area contributed by atoms with Gasteiger partial charge in [-0.05, 0) is 36.2 Å². The van der Waals surface area contributed by atoms with E-state index in [2.05, 4.69) is 5.32 Å². The summed E-state index contributed by atoms with van der Waals surface area (Å²) in [7, 11) is -4.02. The maximum atomic E-state index is 13.5. The summed E-state index contributed by atoms with van der Waals surface area (Å²) in [6.07, 6.45) is 0.314. The van der Waals surface area contributed by atoms with Crippen LogP contribution in [-0.2, 0) is 16.4 Å². The maximum absolute atomic E-state index is 13.5. The van der Waals surface area contributed by atoms with E-state index in [0.717, 1.165) is 6.07 Å². The van der Waals surface area contributed by atoms with Crippen molar-refractivity contribution in [2.75, 3.05) is 6.54 Å². The molecule has 0 aliphatic heterocycles. The lowest BCUT2D eigenvalue weighted by molar-refractivity contribution is 0.0954. The van der Waals surface area contributed by atoms with Gasteiger partial charge in [0.05, 0.1) is 5.02 Å². The van der Waals surface area contributed by atoms with Crippen LogP contribution in [0.25, 0.3) is 0 Å². The number of sulfonamides is 1. The average Bonchev–Trinajstić information content (AvgIpc) is 2.48. The third-order valence-corrected chi connectivity index (χ3v) is 4.53. The number of hydrogen-bond acceptors (Lipinski definition) is 3. The number of rotatable bonds is 5. The lowest BCUT2D eigenvalue weighted by atomic mass is 10.1. The Balaban J connectivity index is 2.06. The van der Waals surface area contributed by atoms with Crippen molar-refractivity contribution in [2.24, 2.45) is 5.14 Å². The molecule has 0 bridgehead atoms. The van der Waals surface area contributed by atoms with Gasteiger partial charge < -0.3 is 5.32 Å². The molecule has 2 rings (SSSR count). The first kappa shape index (κ1) is 17.4. The number of halogens is 2. The summed E-state index contributed by atoms with van der Waals surface area (Å²) in [4.78, 5) is 11.7. The van der Waals surface area contributed by atoms with Crippen molar-refractivity contribution in [1.82, 2.24) is 5.32 Å². The number of primary sulfonamides is 1. The third-order valence-electron chi connectivity index (χ3n) is 3.14. The molecule has 0 aliphatic rings. The molecule has 122 valence electrons. The summed E-state index contributed by atoms with van der Waals surface area (Å²) in [5, 5.41) is 7.56. The minimum atomic E-state index is -4.02. The highest BCUT2D eigenvalue weighted by molar-refractivity contribution is 7.89. The first-order valence-electron chi connectivity index (χ1n) is 6.63. The van der Waals surface area contributed by atoms with E-state index in [9.17, 15) is 17.6 Å². The topological polar surface area (TPSA) is 89.3 Å². The van der Waals surface area contributed by atoms with Gasteiger partial charge in [0.25, 0.3) is 5.91 Å².